The topological polar surface area (TPSA) is 136 Å². The van der Waals surface area contributed by atoms with E-state index in [9.17, 15) is 19.6 Å². The highest BCUT2D eigenvalue weighted by atomic mass is 16.5. The molecule has 2 aliphatic rings. The Balaban J connectivity index is 1.61. The van der Waals surface area contributed by atoms with Crippen LogP contribution in [0.15, 0.2) is 81.3 Å². The molecular formula is C26H19N3O6. The van der Waals surface area contributed by atoms with E-state index >= 15 is 0 Å². The molecule has 0 aliphatic carbocycles. The molecule has 0 bridgehead atoms. The van der Waals surface area contributed by atoms with Crippen molar-refractivity contribution < 1.29 is 23.5 Å². The second-order valence-electron chi connectivity index (χ2n) is 8.14. The van der Waals surface area contributed by atoms with Gasteiger partial charge in [-0.1, -0.05) is 48.5 Å². The second-order valence-corrected chi connectivity index (χ2v) is 8.14. The Labute approximate surface area is 199 Å². The van der Waals surface area contributed by atoms with E-state index in [0.717, 1.165) is 5.56 Å². The van der Waals surface area contributed by atoms with Crippen molar-refractivity contribution in [3.63, 3.8) is 0 Å². The zero-order chi connectivity index (χ0) is 24.7. The van der Waals surface area contributed by atoms with Gasteiger partial charge in [-0.3, -0.25) is 14.5 Å². The number of para-hydroxylation sites is 1. The smallest absolute Gasteiger partial charge is 0.344 e. The molecule has 2 N–H and O–H groups in total. The number of ether oxygens (including phenoxy) is 2. The number of nitriles is 1. The first-order chi connectivity index (χ1) is 16.9. The van der Waals surface area contributed by atoms with Crippen molar-refractivity contribution in [3.05, 3.63) is 105 Å². The van der Waals surface area contributed by atoms with E-state index < -0.39 is 29.5 Å². The molecule has 1 unspecified atom stereocenters. The molecule has 0 saturated carbocycles. The minimum absolute atomic E-state index is 0.0203. The van der Waals surface area contributed by atoms with Crippen LogP contribution in [0.25, 0.3) is 0 Å². The number of aryl methyl sites for hydroxylation is 1. The zero-order valence-corrected chi connectivity index (χ0v) is 18.6. The van der Waals surface area contributed by atoms with Crippen molar-refractivity contribution in [1.82, 2.24) is 0 Å². The number of nitrogens with two attached hydrogens (primary N) is 1. The van der Waals surface area contributed by atoms with Crippen LogP contribution in [-0.4, -0.2) is 18.4 Å². The van der Waals surface area contributed by atoms with Crippen LogP contribution >= 0.6 is 0 Å². The van der Waals surface area contributed by atoms with Crippen molar-refractivity contribution in [2.24, 2.45) is 5.73 Å². The average molecular weight is 469 g/mol. The minimum atomic E-state index is -1.92. The van der Waals surface area contributed by atoms with Gasteiger partial charge in [-0.05, 0) is 18.6 Å². The number of hydrogen-bond donors (Lipinski definition) is 1. The Bertz CT molecular complexity index is 1500. The number of rotatable bonds is 4. The molecule has 1 aromatic heterocycles. The molecule has 0 fully saturated rings. The fourth-order valence-corrected chi connectivity index (χ4v) is 4.63. The van der Waals surface area contributed by atoms with E-state index in [0.29, 0.717) is 11.3 Å². The van der Waals surface area contributed by atoms with Gasteiger partial charge in [-0.25, -0.2) is 4.79 Å². The number of benzene rings is 2. The van der Waals surface area contributed by atoms with Gasteiger partial charge in [0.25, 0.3) is 0 Å². The molecule has 1 atom stereocenters. The Hall–Kier alpha value is -4.84. The summed E-state index contributed by atoms with van der Waals surface area (Å²) >= 11 is 0. The third kappa shape index (κ3) is 3.27. The lowest BCUT2D eigenvalue weighted by Gasteiger charge is -2.33. The van der Waals surface area contributed by atoms with Gasteiger partial charge in [0.2, 0.25) is 11.8 Å². The summed E-state index contributed by atoms with van der Waals surface area (Å²) in [5, 5.41) is 10.0. The molecule has 0 radical (unpaired) electrons. The van der Waals surface area contributed by atoms with Gasteiger partial charge in [0.15, 0.2) is 5.41 Å². The van der Waals surface area contributed by atoms with Gasteiger partial charge in [-0.2, -0.15) is 5.26 Å². The van der Waals surface area contributed by atoms with E-state index in [1.807, 2.05) is 36.4 Å². The van der Waals surface area contributed by atoms with Gasteiger partial charge < -0.3 is 19.6 Å². The number of nitrogens with zero attached hydrogens (tertiary/aromatic N) is 2. The number of amides is 1. The molecule has 35 heavy (non-hydrogen) atoms. The van der Waals surface area contributed by atoms with Crippen molar-refractivity contribution >= 4 is 17.6 Å². The fraction of sp³-hybridized carbons (Fsp3) is 0.154. The number of carbonyl (C=O) groups excluding carboxylic acids is 2. The Kier molecular flexibility index (Phi) is 5.14. The summed E-state index contributed by atoms with van der Waals surface area (Å²) in [6, 6.07) is 19.1. The monoisotopic (exact) mass is 469 g/mol. The second kappa shape index (κ2) is 8.18. The average Bonchev–Trinajstić information content (AvgIpc) is 3.07. The maximum absolute atomic E-state index is 14.1. The number of carbonyl (C=O) groups is 2. The number of fused-ring (bicyclic) bond motifs is 4. The molecule has 0 saturated heterocycles. The molecule has 9 heteroatoms. The number of esters is 1. The Morgan fingerprint density at radius 1 is 1.14 bits per heavy atom. The van der Waals surface area contributed by atoms with Gasteiger partial charge in [0.1, 0.15) is 41.9 Å². The predicted molar refractivity (Wildman–Crippen MR) is 123 cm³/mol. The largest absolute Gasteiger partial charge is 0.459 e. The van der Waals surface area contributed by atoms with Crippen LogP contribution in [0, 0.1) is 18.3 Å². The van der Waals surface area contributed by atoms with Gasteiger partial charge in [0, 0.05) is 17.3 Å². The lowest BCUT2D eigenvalue weighted by Crippen LogP contribution is -2.49. The predicted octanol–water partition coefficient (Wildman–Crippen LogP) is 2.41. The zero-order valence-electron chi connectivity index (χ0n) is 18.6. The Morgan fingerprint density at radius 2 is 1.86 bits per heavy atom. The van der Waals surface area contributed by atoms with Crippen LogP contribution in [0.2, 0.25) is 0 Å². The summed E-state index contributed by atoms with van der Waals surface area (Å²) in [6.07, 6.45) is 0. The summed E-state index contributed by atoms with van der Waals surface area (Å²) in [4.78, 5) is 41.1. The van der Waals surface area contributed by atoms with E-state index in [1.165, 1.54) is 11.0 Å². The molecule has 1 spiro atoms. The third-order valence-electron chi connectivity index (χ3n) is 6.06. The minimum Gasteiger partial charge on any atom is -0.459 e. The standard InChI is InChI=1S/C26H19N3O6/c1-15-11-20-22(24(31)34-15)26(18(12-27)23(28)35-20)17-9-5-6-10-19(17)29(25(26)32)13-21(30)33-14-16-7-3-2-4-8-16/h2-11H,13-14,28H2,1H3. The molecule has 3 heterocycles. The molecule has 9 nitrogen and oxygen atoms in total. The molecule has 5 rings (SSSR count). The number of anilines is 1. The lowest BCUT2D eigenvalue weighted by atomic mass is 9.69. The van der Waals surface area contributed by atoms with Crippen LogP contribution in [0.5, 0.6) is 5.75 Å². The maximum Gasteiger partial charge on any atom is 0.344 e. The van der Waals surface area contributed by atoms with E-state index in [-0.39, 0.29) is 35.1 Å². The first-order valence-corrected chi connectivity index (χ1v) is 10.7. The van der Waals surface area contributed by atoms with Gasteiger partial charge in [-0.15, -0.1) is 0 Å². The summed E-state index contributed by atoms with van der Waals surface area (Å²) in [7, 11) is 0. The highest BCUT2D eigenvalue weighted by Crippen LogP contribution is 2.54. The van der Waals surface area contributed by atoms with Crippen LogP contribution in [-0.2, 0) is 26.3 Å². The van der Waals surface area contributed by atoms with Crippen molar-refractivity contribution in [3.8, 4) is 11.8 Å². The van der Waals surface area contributed by atoms with Crippen molar-refractivity contribution in [2.45, 2.75) is 18.9 Å². The summed E-state index contributed by atoms with van der Waals surface area (Å²) in [6.45, 7) is 1.15. The van der Waals surface area contributed by atoms with Crippen molar-refractivity contribution in [2.75, 3.05) is 11.4 Å². The summed E-state index contributed by atoms with van der Waals surface area (Å²) < 4.78 is 16.2. The molecule has 1 amide bonds. The van der Waals surface area contributed by atoms with Gasteiger partial charge >= 0.3 is 11.6 Å². The molecule has 2 aromatic carbocycles. The lowest BCUT2D eigenvalue weighted by molar-refractivity contribution is -0.144. The number of hydrogen-bond acceptors (Lipinski definition) is 8. The van der Waals surface area contributed by atoms with E-state index in [4.69, 9.17) is 19.6 Å². The van der Waals surface area contributed by atoms with Crippen LogP contribution in [0.3, 0.4) is 0 Å². The molecule has 3 aromatic rings. The van der Waals surface area contributed by atoms with E-state index in [1.54, 1.807) is 31.2 Å². The normalized spacial score (nSPS) is 18.1. The highest BCUT2D eigenvalue weighted by Gasteiger charge is 2.61. The summed E-state index contributed by atoms with van der Waals surface area (Å²) in [5.74, 6) is -1.39. The van der Waals surface area contributed by atoms with Crippen LogP contribution in [0.4, 0.5) is 5.69 Å². The molecular weight excluding hydrogens is 450 g/mol. The first-order valence-electron chi connectivity index (χ1n) is 10.7. The van der Waals surface area contributed by atoms with Crippen LogP contribution < -0.4 is 21.0 Å². The fourth-order valence-electron chi connectivity index (χ4n) is 4.63. The summed E-state index contributed by atoms with van der Waals surface area (Å²) in [5.41, 5.74) is 4.37. The molecule has 2 aliphatic heterocycles. The van der Waals surface area contributed by atoms with Crippen LogP contribution in [0.1, 0.15) is 22.5 Å². The van der Waals surface area contributed by atoms with Crippen molar-refractivity contribution in [1.29, 1.82) is 5.26 Å². The molecule has 174 valence electrons. The van der Waals surface area contributed by atoms with E-state index in [2.05, 4.69) is 0 Å². The quantitative estimate of drug-likeness (QED) is 0.576. The van der Waals surface area contributed by atoms with Gasteiger partial charge in [0.05, 0.1) is 0 Å². The first kappa shape index (κ1) is 22.0. The SMILES string of the molecule is Cc1cc2c(c(=O)o1)C1(C(=O)N(CC(=O)OCc3ccccc3)c3ccccc31)C(C#N)=C(N)O2. The third-order valence-corrected chi connectivity index (χ3v) is 6.06. The maximum atomic E-state index is 14.1. The highest BCUT2D eigenvalue weighted by molar-refractivity contribution is 6.15. The Morgan fingerprint density at radius 3 is 2.60 bits per heavy atom.